The molecule has 3 aromatic carbocycles. The van der Waals surface area contributed by atoms with Crippen LogP contribution in [-0.4, -0.2) is 72.5 Å². The van der Waals surface area contributed by atoms with Crippen LogP contribution in [0, 0.1) is 12.7 Å². The number of nitrogens with zero attached hydrogens (tertiary/aromatic N) is 3. The molecule has 0 radical (unpaired) electrons. The van der Waals surface area contributed by atoms with Gasteiger partial charge in [-0.25, -0.2) is 4.39 Å². The summed E-state index contributed by atoms with van der Waals surface area (Å²) in [6, 6.07) is 29.2. The maximum atomic E-state index is 14.5. The van der Waals surface area contributed by atoms with Crippen LogP contribution in [0.4, 0.5) is 4.39 Å². The fourth-order valence-corrected chi connectivity index (χ4v) is 5.37. The number of amides is 2. The van der Waals surface area contributed by atoms with Crippen LogP contribution in [0.25, 0.3) is 0 Å². The van der Waals surface area contributed by atoms with E-state index in [0.717, 1.165) is 35.5 Å². The Bertz CT molecular complexity index is 1410. The number of rotatable bonds is 12. The number of furan rings is 1. The van der Waals surface area contributed by atoms with Gasteiger partial charge in [-0.2, -0.15) is 0 Å². The van der Waals surface area contributed by atoms with E-state index in [1.165, 1.54) is 12.1 Å². The van der Waals surface area contributed by atoms with E-state index in [1.54, 1.807) is 21.9 Å². The topological polar surface area (TPSA) is 66.2 Å². The molecule has 0 aliphatic carbocycles. The lowest BCUT2D eigenvalue weighted by molar-refractivity contribution is -0.142. The third-order valence-corrected chi connectivity index (χ3v) is 7.72. The Morgan fingerprint density at radius 2 is 1.44 bits per heavy atom. The number of aryl methyl sites for hydroxylation is 1. The predicted octanol–water partition coefficient (Wildman–Crippen LogP) is 5.25. The molecule has 7 nitrogen and oxygen atoms in total. The third kappa shape index (κ3) is 8.40. The maximum absolute atomic E-state index is 14.5. The summed E-state index contributed by atoms with van der Waals surface area (Å²) in [5.41, 5.74) is 2.53. The molecule has 0 N–H and O–H groups in total. The highest BCUT2D eigenvalue weighted by atomic mass is 19.1. The molecular weight excluding hydrogens is 545 g/mol. The molecule has 4 aromatic rings. The smallest absolute Gasteiger partial charge is 0.242 e. The molecule has 2 heterocycles. The van der Waals surface area contributed by atoms with Crippen molar-refractivity contribution in [2.45, 2.75) is 25.9 Å². The number of ether oxygens (including phenoxy) is 1. The van der Waals surface area contributed by atoms with E-state index >= 15 is 0 Å². The zero-order valence-corrected chi connectivity index (χ0v) is 24.5. The van der Waals surface area contributed by atoms with Crippen molar-refractivity contribution in [2.75, 3.05) is 45.9 Å². The van der Waals surface area contributed by atoms with Crippen molar-refractivity contribution < 1.29 is 23.1 Å². The van der Waals surface area contributed by atoms with Gasteiger partial charge in [0.25, 0.3) is 0 Å². The van der Waals surface area contributed by atoms with E-state index in [-0.39, 0.29) is 37.3 Å². The van der Waals surface area contributed by atoms with E-state index in [9.17, 15) is 14.0 Å². The molecule has 0 bridgehead atoms. The lowest BCUT2D eigenvalue weighted by atomic mass is 9.90. The van der Waals surface area contributed by atoms with E-state index in [2.05, 4.69) is 4.90 Å². The molecule has 224 valence electrons. The molecule has 2 amide bonds. The van der Waals surface area contributed by atoms with E-state index < -0.39 is 5.92 Å². The molecule has 1 aliphatic heterocycles. The molecular formula is C35H38FN3O4. The zero-order chi connectivity index (χ0) is 30.0. The van der Waals surface area contributed by atoms with Crippen LogP contribution < -0.4 is 0 Å². The summed E-state index contributed by atoms with van der Waals surface area (Å²) in [7, 11) is 0. The van der Waals surface area contributed by atoms with Gasteiger partial charge in [-0.05, 0) is 47.9 Å². The standard InChI is InChI=1S/C35H38FN3O4/c1-27-12-17-32(43-27)25-39(24-28-13-15-31(36)16-14-28)33(40)26-38(19-18-37-20-22-42-23-21-37)35(41)34(29-8-4-2-5-9-29)30-10-6-3-7-11-30/h2-17,34H,18-26H2,1H3. The number of carbonyl (C=O) groups excluding carboxylic acids is 2. The van der Waals surface area contributed by atoms with Crippen molar-refractivity contribution in [1.82, 2.24) is 14.7 Å². The van der Waals surface area contributed by atoms with Crippen LogP contribution in [0.1, 0.15) is 34.1 Å². The molecule has 1 aliphatic rings. The summed E-state index contributed by atoms with van der Waals surface area (Å²) in [4.78, 5) is 34.2. The van der Waals surface area contributed by atoms with Gasteiger partial charge in [0.15, 0.2) is 0 Å². The minimum Gasteiger partial charge on any atom is -0.464 e. The van der Waals surface area contributed by atoms with Gasteiger partial charge in [0, 0.05) is 32.7 Å². The van der Waals surface area contributed by atoms with Crippen molar-refractivity contribution in [3.05, 3.63) is 131 Å². The van der Waals surface area contributed by atoms with Gasteiger partial charge in [-0.3, -0.25) is 14.5 Å². The molecule has 0 spiro atoms. The molecule has 5 rings (SSSR count). The fraction of sp³-hybridized carbons (Fsp3) is 0.314. The lowest BCUT2D eigenvalue weighted by Gasteiger charge is -2.33. The summed E-state index contributed by atoms with van der Waals surface area (Å²) in [5.74, 6) is 0.156. The van der Waals surface area contributed by atoms with Crippen molar-refractivity contribution in [3.8, 4) is 0 Å². The third-order valence-electron chi connectivity index (χ3n) is 7.72. The monoisotopic (exact) mass is 583 g/mol. The summed E-state index contributed by atoms with van der Waals surface area (Å²) < 4.78 is 24.9. The molecule has 43 heavy (non-hydrogen) atoms. The number of hydrogen-bond donors (Lipinski definition) is 0. The van der Waals surface area contributed by atoms with Crippen LogP contribution in [0.15, 0.2) is 101 Å². The van der Waals surface area contributed by atoms with E-state index in [1.807, 2.05) is 79.7 Å². The first-order chi connectivity index (χ1) is 21.0. The summed E-state index contributed by atoms with van der Waals surface area (Å²) in [5, 5.41) is 0. The summed E-state index contributed by atoms with van der Waals surface area (Å²) in [6.45, 7) is 6.14. The Morgan fingerprint density at radius 3 is 2.02 bits per heavy atom. The average Bonchev–Trinajstić information content (AvgIpc) is 3.45. The number of morpholine rings is 1. The Labute approximate surface area is 252 Å². The molecule has 0 unspecified atom stereocenters. The second-order valence-corrected chi connectivity index (χ2v) is 10.9. The number of carbonyl (C=O) groups is 2. The van der Waals surface area contributed by atoms with Crippen molar-refractivity contribution in [2.24, 2.45) is 0 Å². The lowest BCUT2D eigenvalue weighted by Crippen LogP contribution is -2.48. The highest BCUT2D eigenvalue weighted by Gasteiger charge is 2.30. The van der Waals surface area contributed by atoms with Crippen LogP contribution in [0.3, 0.4) is 0 Å². The second kappa shape index (κ2) is 14.8. The van der Waals surface area contributed by atoms with Crippen LogP contribution in [0.5, 0.6) is 0 Å². The van der Waals surface area contributed by atoms with Crippen LogP contribution in [0.2, 0.25) is 0 Å². The highest BCUT2D eigenvalue weighted by molar-refractivity contribution is 5.91. The molecule has 1 saturated heterocycles. The number of halogens is 1. The molecule has 1 aromatic heterocycles. The van der Waals surface area contributed by atoms with Crippen LogP contribution >= 0.6 is 0 Å². The molecule has 0 saturated carbocycles. The Kier molecular flexibility index (Phi) is 10.4. The summed E-state index contributed by atoms with van der Waals surface area (Å²) in [6.07, 6.45) is 0. The van der Waals surface area contributed by atoms with Gasteiger partial charge in [-0.1, -0.05) is 72.8 Å². The maximum Gasteiger partial charge on any atom is 0.242 e. The summed E-state index contributed by atoms with van der Waals surface area (Å²) >= 11 is 0. The van der Waals surface area contributed by atoms with Gasteiger partial charge in [0.2, 0.25) is 11.8 Å². The van der Waals surface area contributed by atoms with Crippen molar-refractivity contribution in [3.63, 3.8) is 0 Å². The normalized spacial score (nSPS) is 13.7. The zero-order valence-electron chi connectivity index (χ0n) is 24.5. The molecule has 8 heteroatoms. The van der Waals surface area contributed by atoms with Crippen LogP contribution in [-0.2, 0) is 27.4 Å². The number of benzene rings is 3. The fourth-order valence-electron chi connectivity index (χ4n) is 5.37. The van der Waals surface area contributed by atoms with Gasteiger partial charge >= 0.3 is 0 Å². The van der Waals surface area contributed by atoms with Gasteiger partial charge in [0.1, 0.15) is 17.3 Å². The minimum absolute atomic E-state index is 0.0970. The van der Waals surface area contributed by atoms with E-state index in [0.29, 0.717) is 32.1 Å². The first kappa shape index (κ1) is 30.2. The minimum atomic E-state index is -0.557. The van der Waals surface area contributed by atoms with E-state index in [4.69, 9.17) is 9.15 Å². The Morgan fingerprint density at radius 1 is 0.814 bits per heavy atom. The SMILES string of the molecule is Cc1ccc(CN(Cc2ccc(F)cc2)C(=O)CN(CCN2CCOCC2)C(=O)C(c2ccccc2)c2ccccc2)o1. The number of hydrogen-bond acceptors (Lipinski definition) is 5. The highest BCUT2D eigenvalue weighted by Crippen LogP contribution is 2.27. The largest absolute Gasteiger partial charge is 0.464 e. The van der Waals surface area contributed by atoms with Crippen molar-refractivity contribution >= 4 is 11.8 Å². The van der Waals surface area contributed by atoms with Gasteiger partial charge in [-0.15, -0.1) is 0 Å². The molecule has 1 fully saturated rings. The first-order valence-electron chi connectivity index (χ1n) is 14.7. The predicted molar refractivity (Wildman–Crippen MR) is 163 cm³/mol. The Hall–Kier alpha value is -4.27. The first-order valence-corrected chi connectivity index (χ1v) is 14.7. The Balaban J connectivity index is 1.43. The van der Waals surface area contributed by atoms with Gasteiger partial charge in [0.05, 0.1) is 32.2 Å². The quantitative estimate of drug-likeness (QED) is 0.228. The average molecular weight is 584 g/mol. The van der Waals surface area contributed by atoms with Crippen molar-refractivity contribution in [1.29, 1.82) is 0 Å². The second-order valence-electron chi connectivity index (χ2n) is 10.9. The molecule has 0 atom stereocenters. The van der Waals surface area contributed by atoms with Gasteiger partial charge < -0.3 is 19.0 Å².